The Balaban J connectivity index is 1.37. The molecule has 0 aliphatic carbocycles. The number of alkyl halides is 1. The van der Waals surface area contributed by atoms with Gasteiger partial charge in [-0.05, 0) is 74.5 Å². The van der Waals surface area contributed by atoms with E-state index in [9.17, 15) is 18.3 Å². The van der Waals surface area contributed by atoms with Crippen molar-refractivity contribution in [1.29, 1.82) is 0 Å². The number of halogens is 5. The zero-order valence-electron chi connectivity index (χ0n) is 20.3. The first-order valence-corrected chi connectivity index (χ1v) is 12.4. The van der Waals surface area contributed by atoms with E-state index < -0.39 is 29.0 Å². The maximum atomic E-state index is 15.6. The lowest BCUT2D eigenvalue weighted by Crippen LogP contribution is -2.42. The molecule has 4 nitrogen and oxygen atoms in total. The molecule has 4 rings (SSSR count). The largest absolute Gasteiger partial charge is 0.497 e. The van der Waals surface area contributed by atoms with Crippen molar-refractivity contribution in [2.24, 2.45) is 5.41 Å². The van der Waals surface area contributed by atoms with Gasteiger partial charge in [0.15, 0.2) is 17.5 Å². The SMILES string of the molecule is COc1ccc2ncc(Cl)c(C(F)CCC3(CO)CCN(CC#Cc4cc(F)c(F)c(F)c4)CC3)c2c1. The zero-order chi connectivity index (χ0) is 26.6. The number of nitrogens with zero attached hydrogens (tertiary/aromatic N) is 2. The molecule has 1 aromatic heterocycles. The highest BCUT2D eigenvalue weighted by Gasteiger charge is 2.35. The first kappa shape index (κ1) is 27.2. The van der Waals surface area contributed by atoms with Crippen LogP contribution in [0.15, 0.2) is 36.5 Å². The molecule has 1 aliphatic heterocycles. The van der Waals surface area contributed by atoms with E-state index in [1.807, 2.05) is 0 Å². The third-order valence-corrected chi connectivity index (χ3v) is 7.38. The Morgan fingerprint density at radius 1 is 1.16 bits per heavy atom. The van der Waals surface area contributed by atoms with Crippen LogP contribution in [0.3, 0.4) is 0 Å². The number of benzene rings is 2. The molecule has 9 heteroatoms. The van der Waals surface area contributed by atoms with Gasteiger partial charge < -0.3 is 9.84 Å². The second-order valence-electron chi connectivity index (χ2n) is 9.40. The lowest BCUT2D eigenvalue weighted by Gasteiger charge is -2.40. The monoisotopic (exact) mass is 534 g/mol. The minimum absolute atomic E-state index is 0.0621. The summed E-state index contributed by atoms with van der Waals surface area (Å²) in [7, 11) is 1.54. The third-order valence-electron chi connectivity index (χ3n) is 7.08. The van der Waals surface area contributed by atoms with E-state index in [-0.39, 0.29) is 23.6 Å². The number of hydrogen-bond donors (Lipinski definition) is 1. The average molecular weight is 535 g/mol. The summed E-state index contributed by atoms with van der Waals surface area (Å²) in [4.78, 5) is 6.34. The van der Waals surface area contributed by atoms with E-state index in [2.05, 4.69) is 21.7 Å². The van der Waals surface area contributed by atoms with Gasteiger partial charge in [-0.3, -0.25) is 9.88 Å². The number of aromatic nitrogens is 1. The number of hydrogen-bond acceptors (Lipinski definition) is 4. The van der Waals surface area contributed by atoms with Crippen LogP contribution in [0.5, 0.6) is 5.75 Å². The summed E-state index contributed by atoms with van der Waals surface area (Å²) in [6.07, 6.45) is 2.08. The number of aliphatic hydroxyl groups is 1. The van der Waals surface area contributed by atoms with Gasteiger partial charge >= 0.3 is 0 Å². The number of likely N-dealkylation sites (tertiary alicyclic amines) is 1. The molecule has 0 saturated carbocycles. The van der Waals surface area contributed by atoms with Crippen LogP contribution in [0.1, 0.15) is 43.0 Å². The number of methoxy groups -OCH3 is 1. The number of fused-ring (bicyclic) bond motifs is 1. The van der Waals surface area contributed by atoms with Gasteiger partial charge in [-0.15, -0.1) is 0 Å². The van der Waals surface area contributed by atoms with E-state index in [1.54, 1.807) is 18.2 Å². The van der Waals surface area contributed by atoms with Crippen LogP contribution in [0, 0.1) is 34.7 Å². The van der Waals surface area contributed by atoms with Crippen LogP contribution in [0.4, 0.5) is 17.6 Å². The summed E-state index contributed by atoms with van der Waals surface area (Å²) >= 11 is 6.35. The summed E-state index contributed by atoms with van der Waals surface area (Å²) in [5.41, 5.74) is 0.636. The summed E-state index contributed by atoms with van der Waals surface area (Å²) in [5, 5.41) is 11.0. The Morgan fingerprint density at radius 2 is 1.86 bits per heavy atom. The van der Waals surface area contributed by atoms with E-state index in [1.165, 1.54) is 13.3 Å². The fraction of sp³-hybridized carbons (Fsp3) is 0.393. The Kier molecular flexibility index (Phi) is 8.58. The zero-order valence-corrected chi connectivity index (χ0v) is 21.1. The average Bonchev–Trinajstić information content (AvgIpc) is 2.90. The lowest BCUT2D eigenvalue weighted by molar-refractivity contribution is 0.0344. The number of aliphatic hydroxyl groups excluding tert-OH is 1. The molecular formula is C28H27ClF4N2O2. The minimum Gasteiger partial charge on any atom is -0.497 e. The van der Waals surface area contributed by atoms with Crippen molar-refractivity contribution in [2.45, 2.75) is 31.9 Å². The molecule has 1 saturated heterocycles. The second-order valence-corrected chi connectivity index (χ2v) is 9.81. The van der Waals surface area contributed by atoms with Crippen molar-refractivity contribution in [3.8, 4) is 17.6 Å². The van der Waals surface area contributed by atoms with Crippen molar-refractivity contribution in [3.63, 3.8) is 0 Å². The van der Waals surface area contributed by atoms with Gasteiger partial charge in [-0.1, -0.05) is 23.4 Å². The van der Waals surface area contributed by atoms with Crippen LogP contribution in [-0.2, 0) is 0 Å². The summed E-state index contributed by atoms with van der Waals surface area (Å²) < 4.78 is 60.7. The summed E-state index contributed by atoms with van der Waals surface area (Å²) in [6.45, 7) is 1.56. The Hall–Kier alpha value is -2.86. The molecule has 0 amide bonds. The predicted molar refractivity (Wildman–Crippen MR) is 135 cm³/mol. The molecule has 1 aliphatic rings. The molecule has 0 spiro atoms. The standard InChI is InChI=1S/C28H27ClF4N2O2/c1-37-19-4-5-25-20(15-19)26(21(29)16-34-25)22(30)6-7-28(17-36)8-11-35(12-9-28)10-2-3-18-13-23(31)27(33)24(32)14-18/h4-5,13-16,22,36H,6-12,17H2,1H3. The minimum atomic E-state index is -1.52. The first-order chi connectivity index (χ1) is 17.7. The number of rotatable bonds is 7. The molecule has 37 heavy (non-hydrogen) atoms. The maximum absolute atomic E-state index is 15.6. The first-order valence-electron chi connectivity index (χ1n) is 12.0. The predicted octanol–water partition coefficient (Wildman–Crippen LogP) is 6.23. The molecule has 1 N–H and O–H groups in total. The van der Waals surface area contributed by atoms with Crippen LogP contribution >= 0.6 is 11.6 Å². The molecule has 2 heterocycles. The number of pyridine rings is 1. The Labute approximate surface area is 218 Å². The van der Waals surface area contributed by atoms with Gasteiger partial charge in [0, 0.05) is 29.3 Å². The van der Waals surface area contributed by atoms with Gasteiger partial charge in [0.2, 0.25) is 0 Å². The third kappa shape index (κ3) is 6.18. The number of ether oxygens (including phenoxy) is 1. The van der Waals surface area contributed by atoms with Crippen molar-refractivity contribution in [2.75, 3.05) is 33.4 Å². The fourth-order valence-corrected chi connectivity index (χ4v) is 5.01. The highest BCUT2D eigenvalue weighted by atomic mass is 35.5. The molecule has 0 radical (unpaired) electrons. The highest BCUT2D eigenvalue weighted by molar-refractivity contribution is 6.32. The van der Waals surface area contributed by atoms with Crippen molar-refractivity contribution < 1.29 is 27.4 Å². The maximum Gasteiger partial charge on any atom is 0.194 e. The van der Waals surface area contributed by atoms with Crippen LogP contribution in [0.25, 0.3) is 10.9 Å². The van der Waals surface area contributed by atoms with Crippen molar-refractivity contribution in [3.05, 3.63) is 70.1 Å². The van der Waals surface area contributed by atoms with Gasteiger partial charge in [0.1, 0.15) is 11.9 Å². The topological polar surface area (TPSA) is 45.6 Å². The molecule has 2 aromatic carbocycles. The normalized spacial score (nSPS) is 16.3. The summed E-state index contributed by atoms with van der Waals surface area (Å²) in [5.74, 6) is 2.03. The van der Waals surface area contributed by atoms with Crippen LogP contribution in [0.2, 0.25) is 5.02 Å². The second kappa shape index (κ2) is 11.7. The molecule has 1 atom stereocenters. The van der Waals surface area contributed by atoms with E-state index >= 15 is 4.39 Å². The molecular weight excluding hydrogens is 508 g/mol. The van der Waals surface area contributed by atoms with E-state index in [4.69, 9.17) is 16.3 Å². The van der Waals surface area contributed by atoms with Gasteiger partial charge in [0.05, 0.1) is 24.2 Å². The van der Waals surface area contributed by atoms with Gasteiger partial charge in [-0.2, -0.15) is 0 Å². The van der Waals surface area contributed by atoms with Crippen molar-refractivity contribution >= 4 is 22.5 Å². The quantitative estimate of drug-likeness (QED) is 0.222. The van der Waals surface area contributed by atoms with Gasteiger partial charge in [0.25, 0.3) is 0 Å². The molecule has 1 unspecified atom stereocenters. The van der Waals surface area contributed by atoms with E-state index in [0.717, 1.165) is 12.1 Å². The van der Waals surface area contributed by atoms with Crippen LogP contribution in [-0.4, -0.2) is 48.3 Å². The molecule has 196 valence electrons. The van der Waals surface area contributed by atoms with Crippen LogP contribution < -0.4 is 4.74 Å². The molecule has 3 aromatic rings. The lowest BCUT2D eigenvalue weighted by atomic mass is 9.74. The Morgan fingerprint density at radius 3 is 2.51 bits per heavy atom. The molecule has 0 bridgehead atoms. The Bertz CT molecular complexity index is 1310. The van der Waals surface area contributed by atoms with Gasteiger partial charge in [-0.25, -0.2) is 17.6 Å². The number of piperidine rings is 1. The van der Waals surface area contributed by atoms with E-state index in [0.29, 0.717) is 61.1 Å². The smallest absolute Gasteiger partial charge is 0.194 e. The molecule has 1 fully saturated rings. The fourth-order valence-electron chi connectivity index (χ4n) is 4.74. The highest BCUT2D eigenvalue weighted by Crippen LogP contribution is 2.41. The van der Waals surface area contributed by atoms with Crippen molar-refractivity contribution in [1.82, 2.24) is 9.88 Å². The summed E-state index contributed by atoms with van der Waals surface area (Å²) in [6, 6.07) is 6.97.